The zero-order chi connectivity index (χ0) is 11.8. The van der Waals surface area contributed by atoms with E-state index in [1.54, 1.807) is 24.5 Å². The highest BCUT2D eigenvalue weighted by Crippen LogP contribution is 2.23. The van der Waals surface area contributed by atoms with Crippen molar-refractivity contribution >= 4 is 21.6 Å². The molecule has 0 bridgehead atoms. The molecule has 0 amide bonds. The Morgan fingerprint density at radius 2 is 2.24 bits per heavy atom. The fourth-order valence-corrected chi connectivity index (χ4v) is 2.47. The minimum Gasteiger partial charge on any atom is -0.306 e. The van der Waals surface area contributed by atoms with E-state index in [2.05, 4.69) is 15.0 Å². The molecule has 0 unspecified atom stereocenters. The predicted molar refractivity (Wildman–Crippen MR) is 68.2 cm³/mol. The van der Waals surface area contributed by atoms with Crippen molar-refractivity contribution in [1.29, 1.82) is 0 Å². The third-order valence-electron chi connectivity index (χ3n) is 2.45. The van der Waals surface area contributed by atoms with Crippen LogP contribution < -0.4 is 5.56 Å². The molecule has 4 nitrogen and oxygen atoms in total. The monoisotopic (exact) mass is 243 g/mol. The number of aromatic amines is 1. The zero-order valence-electron chi connectivity index (χ0n) is 9.10. The maximum Gasteiger partial charge on any atom is 0.251 e. The minimum absolute atomic E-state index is 0.140. The van der Waals surface area contributed by atoms with E-state index in [0.717, 1.165) is 15.8 Å². The first-order chi connectivity index (χ1) is 8.22. The second kappa shape index (κ2) is 3.78. The van der Waals surface area contributed by atoms with Gasteiger partial charge in [0.15, 0.2) is 0 Å². The molecule has 0 fully saturated rings. The Morgan fingerprint density at radius 1 is 1.35 bits per heavy atom. The summed E-state index contributed by atoms with van der Waals surface area (Å²) in [5.74, 6) is 0.567. The van der Waals surface area contributed by atoms with Gasteiger partial charge in [0, 0.05) is 23.5 Å². The molecular formula is C12H9N3OS. The van der Waals surface area contributed by atoms with Gasteiger partial charge in [-0.25, -0.2) is 4.98 Å². The number of hydrogen-bond donors (Lipinski definition) is 1. The van der Waals surface area contributed by atoms with Crippen LogP contribution in [0.5, 0.6) is 0 Å². The topological polar surface area (TPSA) is 58.6 Å². The maximum atomic E-state index is 11.4. The van der Waals surface area contributed by atoms with Crippen LogP contribution in [0.25, 0.3) is 21.6 Å². The highest BCUT2D eigenvalue weighted by molar-refractivity contribution is 7.17. The fraction of sp³-hybridized carbons (Fsp3) is 0.0833. The van der Waals surface area contributed by atoms with Crippen molar-refractivity contribution in [2.75, 3.05) is 0 Å². The smallest absolute Gasteiger partial charge is 0.251 e. The van der Waals surface area contributed by atoms with Crippen LogP contribution in [0.15, 0.2) is 34.6 Å². The number of hydrogen-bond acceptors (Lipinski definition) is 4. The van der Waals surface area contributed by atoms with Gasteiger partial charge in [-0.2, -0.15) is 0 Å². The molecule has 0 aromatic carbocycles. The second-order valence-corrected chi connectivity index (χ2v) is 4.71. The number of H-pyrrole nitrogens is 1. The van der Waals surface area contributed by atoms with E-state index in [1.165, 1.54) is 6.07 Å². The number of aromatic nitrogens is 3. The number of rotatable bonds is 1. The average Bonchev–Trinajstić information content (AvgIpc) is 2.74. The third-order valence-corrected chi connectivity index (χ3v) is 3.30. The molecule has 3 aromatic heterocycles. The van der Waals surface area contributed by atoms with Crippen LogP contribution in [0.1, 0.15) is 5.69 Å². The number of thiophene rings is 1. The lowest BCUT2D eigenvalue weighted by Gasteiger charge is -2.01. The Labute approximate surface area is 101 Å². The van der Waals surface area contributed by atoms with E-state index in [-0.39, 0.29) is 5.56 Å². The van der Waals surface area contributed by atoms with E-state index >= 15 is 0 Å². The summed E-state index contributed by atoms with van der Waals surface area (Å²) in [5, 5.41) is 1.99. The molecule has 0 atom stereocenters. The average molecular weight is 243 g/mol. The minimum atomic E-state index is -0.140. The van der Waals surface area contributed by atoms with E-state index in [4.69, 9.17) is 0 Å². The number of pyridine rings is 1. The molecule has 0 saturated heterocycles. The van der Waals surface area contributed by atoms with Crippen molar-refractivity contribution in [3.63, 3.8) is 0 Å². The first-order valence-electron chi connectivity index (χ1n) is 5.14. The summed E-state index contributed by atoms with van der Waals surface area (Å²) in [6.45, 7) is 1.80. The Balaban J connectivity index is 2.22. The van der Waals surface area contributed by atoms with E-state index in [0.29, 0.717) is 11.5 Å². The van der Waals surface area contributed by atoms with Crippen molar-refractivity contribution in [3.05, 3.63) is 45.8 Å². The molecule has 3 rings (SSSR count). The van der Waals surface area contributed by atoms with Gasteiger partial charge in [-0.3, -0.25) is 9.78 Å². The largest absolute Gasteiger partial charge is 0.306 e. The zero-order valence-corrected chi connectivity index (χ0v) is 9.91. The van der Waals surface area contributed by atoms with Crippen LogP contribution in [0, 0.1) is 6.92 Å². The summed E-state index contributed by atoms with van der Waals surface area (Å²) in [6, 6.07) is 5.43. The van der Waals surface area contributed by atoms with Gasteiger partial charge >= 0.3 is 0 Å². The van der Waals surface area contributed by atoms with E-state index in [9.17, 15) is 4.79 Å². The fourth-order valence-electron chi connectivity index (χ4n) is 1.69. The molecule has 0 radical (unpaired) electrons. The lowest BCUT2D eigenvalue weighted by Crippen LogP contribution is -2.08. The van der Waals surface area contributed by atoms with Gasteiger partial charge in [-0.15, -0.1) is 11.3 Å². The van der Waals surface area contributed by atoms with Crippen molar-refractivity contribution in [2.24, 2.45) is 0 Å². The Bertz CT molecular complexity index is 745. The standard InChI is InChI=1S/C12H9N3OS/c1-7-4-11(16)15-12(14-7)8-5-10-9(13-6-8)2-3-17-10/h2-6H,1H3,(H,14,15,16). The third kappa shape index (κ3) is 1.85. The molecule has 3 aromatic rings. The summed E-state index contributed by atoms with van der Waals surface area (Å²) < 4.78 is 1.09. The molecule has 0 saturated carbocycles. The van der Waals surface area contributed by atoms with Crippen molar-refractivity contribution in [1.82, 2.24) is 15.0 Å². The maximum absolute atomic E-state index is 11.4. The highest BCUT2D eigenvalue weighted by atomic mass is 32.1. The summed E-state index contributed by atoms with van der Waals surface area (Å²) in [4.78, 5) is 22.7. The van der Waals surface area contributed by atoms with Crippen molar-refractivity contribution in [3.8, 4) is 11.4 Å². The number of nitrogens with zero attached hydrogens (tertiary/aromatic N) is 2. The van der Waals surface area contributed by atoms with Gasteiger partial charge in [-0.1, -0.05) is 0 Å². The molecule has 84 valence electrons. The summed E-state index contributed by atoms with van der Waals surface area (Å²) in [6.07, 6.45) is 1.73. The van der Waals surface area contributed by atoms with E-state index in [1.807, 2.05) is 17.5 Å². The quantitative estimate of drug-likeness (QED) is 0.713. The summed E-state index contributed by atoms with van der Waals surface area (Å²) >= 11 is 1.62. The molecule has 3 heterocycles. The van der Waals surface area contributed by atoms with Crippen LogP contribution in [0.3, 0.4) is 0 Å². The van der Waals surface area contributed by atoms with Crippen LogP contribution in [0.2, 0.25) is 0 Å². The highest BCUT2D eigenvalue weighted by Gasteiger charge is 2.04. The van der Waals surface area contributed by atoms with Crippen LogP contribution in [0.4, 0.5) is 0 Å². The second-order valence-electron chi connectivity index (χ2n) is 3.76. The van der Waals surface area contributed by atoms with Crippen LogP contribution in [-0.4, -0.2) is 15.0 Å². The van der Waals surface area contributed by atoms with Gasteiger partial charge in [0.05, 0.1) is 10.2 Å². The van der Waals surface area contributed by atoms with Gasteiger partial charge in [-0.05, 0) is 24.4 Å². The van der Waals surface area contributed by atoms with Crippen LogP contribution in [-0.2, 0) is 0 Å². The molecular weight excluding hydrogens is 234 g/mol. The SMILES string of the molecule is Cc1cc(=O)[nH]c(-c2cnc3ccsc3c2)n1. The number of fused-ring (bicyclic) bond motifs is 1. The molecule has 0 spiro atoms. The molecule has 17 heavy (non-hydrogen) atoms. The molecule has 5 heteroatoms. The Hall–Kier alpha value is -2.01. The summed E-state index contributed by atoms with van der Waals surface area (Å²) in [5.41, 5.74) is 2.36. The molecule has 0 aliphatic rings. The lowest BCUT2D eigenvalue weighted by atomic mass is 10.2. The van der Waals surface area contributed by atoms with Gasteiger partial charge in [0.25, 0.3) is 5.56 Å². The van der Waals surface area contributed by atoms with Crippen molar-refractivity contribution < 1.29 is 0 Å². The predicted octanol–water partition coefficient (Wildman–Crippen LogP) is 2.36. The first kappa shape index (κ1) is 10.2. The van der Waals surface area contributed by atoms with Gasteiger partial charge < -0.3 is 4.98 Å². The molecule has 0 aliphatic heterocycles. The lowest BCUT2D eigenvalue weighted by molar-refractivity contribution is 1.07. The van der Waals surface area contributed by atoms with Crippen LogP contribution >= 0.6 is 11.3 Å². The first-order valence-corrected chi connectivity index (χ1v) is 6.02. The van der Waals surface area contributed by atoms with Gasteiger partial charge in [0.1, 0.15) is 5.82 Å². The van der Waals surface area contributed by atoms with Gasteiger partial charge in [0.2, 0.25) is 0 Å². The molecule has 0 aliphatic carbocycles. The normalized spacial score (nSPS) is 10.9. The Kier molecular flexibility index (Phi) is 2.26. The number of aryl methyl sites for hydroxylation is 1. The van der Waals surface area contributed by atoms with Crippen molar-refractivity contribution in [2.45, 2.75) is 6.92 Å². The number of nitrogens with one attached hydrogen (secondary N) is 1. The Morgan fingerprint density at radius 3 is 3.06 bits per heavy atom. The van der Waals surface area contributed by atoms with E-state index < -0.39 is 0 Å². The summed E-state index contributed by atoms with van der Waals surface area (Å²) in [7, 11) is 0. The molecule has 1 N–H and O–H groups in total.